The van der Waals surface area contributed by atoms with Crippen LogP contribution in [0, 0.1) is 0 Å². The second-order valence-corrected chi connectivity index (χ2v) is 6.04. The highest BCUT2D eigenvalue weighted by Gasteiger charge is 2.13. The van der Waals surface area contributed by atoms with Crippen molar-refractivity contribution in [2.24, 2.45) is 5.10 Å². The molecule has 0 bridgehead atoms. The number of carbonyl (C=O) groups excluding carboxylic acids is 1. The summed E-state index contributed by atoms with van der Waals surface area (Å²) < 4.78 is 16.0. The maximum atomic E-state index is 12.0. The zero-order chi connectivity index (χ0) is 16.8. The Morgan fingerprint density at radius 2 is 2.12 bits per heavy atom. The maximum Gasteiger partial charge on any atom is 0.353 e. The summed E-state index contributed by atoms with van der Waals surface area (Å²) in [5, 5.41) is 8.22. The number of morpholine rings is 1. The number of rotatable bonds is 5. The van der Waals surface area contributed by atoms with Gasteiger partial charge in [0, 0.05) is 0 Å². The Balaban J connectivity index is 1.70. The minimum absolute atomic E-state index is 0.388. The van der Waals surface area contributed by atoms with Crippen LogP contribution in [0.5, 0.6) is 11.5 Å². The summed E-state index contributed by atoms with van der Waals surface area (Å²) in [4.78, 5) is 12.6. The van der Waals surface area contributed by atoms with E-state index < -0.39 is 5.97 Å². The highest BCUT2D eigenvalue weighted by molar-refractivity contribution is 7.12. The van der Waals surface area contributed by atoms with Crippen molar-refractivity contribution < 1.29 is 19.0 Å². The van der Waals surface area contributed by atoms with Crippen molar-refractivity contribution in [1.82, 2.24) is 5.01 Å². The molecule has 1 fully saturated rings. The number of thiophene rings is 1. The van der Waals surface area contributed by atoms with Gasteiger partial charge in [-0.15, -0.1) is 11.3 Å². The van der Waals surface area contributed by atoms with E-state index in [0.29, 0.717) is 29.6 Å². The lowest BCUT2D eigenvalue weighted by molar-refractivity contribution is 0.0397. The summed E-state index contributed by atoms with van der Waals surface area (Å²) in [6, 6.07) is 8.88. The van der Waals surface area contributed by atoms with Gasteiger partial charge >= 0.3 is 5.97 Å². The Morgan fingerprint density at radius 3 is 2.83 bits per heavy atom. The van der Waals surface area contributed by atoms with E-state index >= 15 is 0 Å². The van der Waals surface area contributed by atoms with Crippen LogP contribution in [-0.4, -0.2) is 50.6 Å². The third-order valence-corrected chi connectivity index (χ3v) is 4.32. The molecule has 6 nitrogen and oxygen atoms in total. The van der Waals surface area contributed by atoms with Gasteiger partial charge in [-0.05, 0) is 35.2 Å². The number of hydrogen-bond donors (Lipinski definition) is 0. The number of ether oxygens (including phenoxy) is 3. The molecule has 1 aromatic heterocycles. The first-order valence-electron chi connectivity index (χ1n) is 7.56. The predicted octanol–water partition coefficient (Wildman–Crippen LogP) is 2.64. The van der Waals surface area contributed by atoms with Crippen LogP contribution in [0.15, 0.2) is 40.8 Å². The van der Waals surface area contributed by atoms with Crippen LogP contribution in [0.3, 0.4) is 0 Å². The largest absolute Gasteiger partial charge is 0.493 e. The zero-order valence-corrected chi connectivity index (χ0v) is 14.1. The van der Waals surface area contributed by atoms with Gasteiger partial charge in [0.15, 0.2) is 11.5 Å². The Bertz CT molecular complexity index is 709. The van der Waals surface area contributed by atoms with Crippen LogP contribution < -0.4 is 9.47 Å². The molecule has 1 saturated heterocycles. The van der Waals surface area contributed by atoms with Crippen LogP contribution >= 0.6 is 11.3 Å². The van der Waals surface area contributed by atoms with Crippen molar-refractivity contribution in [3.63, 3.8) is 0 Å². The molecule has 2 aromatic rings. The third-order valence-electron chi connectivity index (χ3n) is 3.47. The van der Waals surface area contributed by atoms with E-state index in [0.717, 1.165) is 18.7 Å². The van der Waals surface area contributed by atoms with Gasteiger partial charge in [0.25, 0.3) is 0 Å². The Kier molecular flexibility index (Phi) is 5.45. The molecule has 0 radical (unpaired) electrons. The van der Waals surface area contributed by atoms with E-state index in [1.807, 2.05) is 22.5 Å². The number of hydrogen-bond acceptors (Lipinski definition) is 7. The molecule has 0 atom stereocenters. The van der Waals surface area contributed by atoms with Gasteiger partial charge in [0.05, 0.1) is 39.6 Å². The second-order valence-electron chi connectivity index (χ2n) is 5.09. The SMILES string of the molecule is COc1cc(/C=N\N2CCOCC2)ccc1OC(=O)c1cccs1. The molecule has 0 saturated carbocycles. The molecule has 126 valence electrons. The van der Waals surface area contributed by atoms with Gasteiger partial charge in [-0.25, -0.2) is 4.79 Å². The fourth-order valence-corrected chi connectivity index (χ4v) is 2.81. The lowest BCUT2D eigenvalue weighted by Gasteiger charge is -2.23. The van der Waals surface area contributed by atoms with E-state index in [9.17, 15) is 4.79 Å². The average molecular weight is 346 g/mol. The molecule has 0 spiro atoms. The van der Waals surface area contributed by atoms with Crippen molar-refractivity contribution in [2.75, 3.05) is 33.4 Å². The number of esters is 1. The first-order chi connectivity index (χ1) is 11.8. The number of nitrogens with zero attached hydrogens (tertiary/aromatic N) is 2. The summed E-state index contributed by atoms with van der Waals surface area (Å²) in [6.45, 7) is 2.95. The average Bonchev–Trinajstić information content (AvgIpc) is 3.16. The standard InChI is InChI=1S/C17H18N2O4S/c1-21-15-11-13(12-18-19-6-8-22-9-7-19)4-5-14(15)23-17(20)16-3-2-10-24-16/h2-5,10-12H,6-9H2,1H3/b18-12-. The van der Waals surface area contributed by atoms with E-state index in [1.165, 1.54) is 11.3 Å². The fraction of sp³-hybridized carbons (Fsp3) is 0.294. The second kappa shape index (κ2) is 7.94. The normalized spacial score (nSPS) is 14.8. The van der Waals surface area contributed by atoms with Gasteiger partial charge in [-0.2, -0.15) is 5.10 Å². The molecule has 24 heavy (non-hydrogen) atoms. The Hall–Kier alpha value is -2.38. The lowest BCUT2D eigenvalue weighted by atomic mass is 10.2. The van der Waals surface area contributed by atoms with Crippen molar-refractivity contribution in [3.05, 3.63) is 46.2 Å². The minimum Gasteiger partial charge on any atom is -0.493 e. The molecule has 1 aromatic carbocycles. The summed E-state index contributed by atoms with van der Waals surface area (Å²) in [6.07, 6.45) is 1.76. The molecule has 1 aliphatic rings. The monoisotopic (exact) mass is 346 g/mol. The molecular formula is C17H18N2O4S. The topological polar surface area (TPSA) is 60.4 Å². The van der Waals surface area contributed by atoms with E-state index in [2.05, 4.69) is 5.10 Å². The number of methoxy groups -OCH3 is 1. The molecule has 2 heterocycles. The van der Waals surface area contributed by atoms with E-state index in [-0.39, 0.29) is 0 Å². The van der Waals surface area contributed by atoms with Gasteiger partial charge in [-0.3, -0.25) is 5.01 Å². The quantitative estimate of drug-likeness (QED) is 0.473. The number of benzene rings is 1. The molecular weight excluding hydrogens is 328 g/mol. The van der Waals surface area contributed by atoms with Gasteiger partial charge in [0.2, 0.25) is 0 Å². The molecule has 7 heteroatoms. The first kappa shape index (κ1) is 16.5. The Labute approximate surface area is 144 Å². The highest BCUT2D eigenvalue weighted by atomic mass is 32.1. The van der Waals surface area contributed by atoms with Gasteiger partial charge in [0.1, 0.15) is 4.88 Å². The van der Waals surface area contributed by atoms with Crippen molar-refractivity contribution >= 4 is 23.5 Å². The lowest BCUT2D eigenvalue weighted by Crippen LogP contribution is -2.32. The van der Waals surface area contributed by atoms with Crippen LogP contribution in [-0.2, 0) is 4.74 Å². The molecule has 0 aliphatic carbocycles. The van der Waals surface area contributed by atoms with Gasteiger partial charge < -0.3 is 14.2 Å². The van der Waals surface area contributed by atoms with Crippen molar-refractivity contribution in [2.45, 2.75) is 0 Å². The third kappa shape index (κ3) is 4.12. The van der Waals surface area contributed by atoms with Crippen molar-refractivity contribution in [3.8, 4) is 11.5 Å². The van der Waals surface area contributed by atoms with E-state index in [4.69, 9.17) is 14.2 Å². The maximum absolute atomic E-state index is 12.0. The fourth-order valence-electron chi connectivity index (χ4n) is 2.21. The summed E-state index contributed by atoms with van der Waals surface area (Å²) >= 11 is 1.34. The van der Waals surface area contributed by atoms with E-state index in [1.54, 1.807) is 31.5 Å². The van der Waals surface area contributed by atoms with Gasteiger partial charge in [-0.1, -0.05) is 6.07 Å². The van der Waals surface area contributed by atoms with Crippen LogP contribution in [0.25, 0.3) is 0 Å². The summed E-state index contributed by atoms with van der Waals surface area (Å²) in [7, 11) is 1.54. The molecule has 0 N–H and O–H groups in total. The first-order valence-corrected chi connectivity index (χ1v) is 8.44. The van der Waals surface area contributed by atoms with Crippen LogP contribution in [0.2, 0.25) is 0 Å². The Morgan fingerprint density at radius 1 is 1.29 bits per heavy atom. The van der Waals surface area contributed by atoms with Crippen LogP contribution in [0.4, 0.5) is 0 Å². The smallest absolute Gasteiger partial charge is 0.353 e. The summed E-state index contributed by atoms with van der Waals surface area (Å²) in [5.74, 6) is 0.489. The minimum atomic E-state index is -0.391. The predicted molar refractivity (Wildman–Crippen MR) is 92.3 cm³/mol. The number of carbonyl (C=O) groups is 1. The zero-order valence-electron chi connectivity index (χ0n) is 13.3. The molecule has 1 aliphatic heterocycles. The summed E-state index contributed by atoms with van der Waals surface area (Å²) in [5.41, 5.74) is 0.870. The van der Waals surface area contributed by atoms with Crippen LogP contribution in [0.1, 0.15) is 15.2 Å². The number of hydrazone groups is 1. The molecule has 0 unspecified atom stereocenters. The molecule has 0 amide bonds. The highest BCUT2D eigenvalue weighted by Crippen LogP contribution is 2.28. The van der Waals surface area contributed by atoms with Crippen molar-refractivity contribution in [1.29, 1.82) is 0 Å². The molecule has 3 rings (SSSR count).